The summed E-state index contributed by atoms with van der Waals surface area (Å²) in [6.07, 6.45) is 1.23. The van der Waals surface area contributed by atoms with E-state index in [0.717, 1.165) is 12.1 Å². The Bertz CT molecular complexity index is 840. The maximum absolute atomic E-state index is 12.3. The maximum atomic E-state index is 12.3. The summed E-state index contributed by atoms with van der Waals surface area (Å²) in [6.45, 7) is -0.415. The Morgan fingerprint density at radius 2 is 1.73 bits per heavy atom. The highest BCUT2D eigenvalue weighted by atomic mass is 16.6. The molecule has 0 saturated carbocycles. The first kappa shape index (κ1) is 18.8. The highest BCUT2D eigenvalue weighted by Crippen LogP contribution is 2.35. The van der Waals surface area contributed by atoms with Crippen LogP contribution in [0.2, 0.25) is 0 Å². The minimum atomic E-state index is -0.995. The molecule has 0 unspecified atom stereocenters. The first-order valence-corrected chi connectivity index (χ1v) is 7.15. The summed E-state index contributed by atoms with van der Waals surface area (Å²) >= 11 is 0. The second-order valence-electron chi connectivity index (χ2n) is 4.81. The fraction of sp³-hybridized carbons (Fsp3) is 0.250. The third kappa shape index (κ3) is 3.74. The number of nitro benzene ring substituents is 1. The summed E-state index contributed by atoms with van der Waals surface area (Å²) < 4.78 is 24.7. The Labute approximate surface area is 147 Å². The third-order valence-electron chi connectivity index (χ3n) is 3.40. The summed E-state index contributed by atoms with van der Waals surface area (Å²) in [6, 6.07) is 3.55. The van der Waals surface area contributed by atoms with Crippen LogP contribution in [0.3, 0.4) is 0 Å². The molecule has 2 rings (SSSR count). The van der Waals surface area contributed by atoms with E-state index in [1.807, 2.05) is 0 Å². The number of carbonyl (C=O) groups is 2. The van der Waals surface area contributed by atoms with E-state index in [4.69, 9.17) is 18.6 Å². The summed E-state index contributed by atoms with van der Waals surface area (Å²) in [5.41, 5.74) is -0.763. The van der Waals surface area contributed by atoms with Gasteiger partial charge < -0.3 is 23.4 Å². The highest BCUT2D eigenvalue weighted by Gasteiger charge is 2.26. The van der Waals surface area contributed by atoms with Crippen LogP contribution < -0.4 is 9.47 Å². The summed E-state index contributed by atoms with van der Waals surface area (Å²) in [5, 5.41) is 11.2. The van der Waals surface area contributed by atoms with Crippen molar-refractivity contribution in [3.8, 4) is 11.5 Å². The number of methoxy groups -OCH3 is 3. The van der Waals surface area contributed by atoms with Crippen LogP contribution in [-0.2, 0) is 16.1 Å². The van der Waals surface area contributed by atoms with Gasteiger partial charge in [-0.25, -0.2) is 9.59 Å². The van der Waals surface area contributed by atoms with Gasteiger partial charge in [0.2, 0.25) is 0 Å². The van der Waals surface area contributed by atoms with Crippen molar-refractivity contribution < 1.29 is 37.9 Å². The average molecular weight is 365 g/mol. The molecular formula is C16H15NO9. The van der Waals surface area contributed by atoms with Crippen molar-refractivity contribution in [3.63, 3.8) is 0 Å². The Balaban J connectivity index is 2.28. The van der Waals surface area contributed by atoms with Crippen molar-refractivity contribution in [2.24, 2.45) is 0 Å². The second-order valence-corrected chi connectivity index (χ2v) is 4.81. The molecule has 1 aromatic carbocycles. The lowest BCUT2D eigenvalue weighted by Crippen LogP contribution is -2.11. The molecule has 0 spiro atoms. The van der Waals surface area contributed by atoms with Gasteiger partial charge in [0.15, 0.2) is 23.9 Å². The molecule has 0 aliphatic rings. The number of hydrogen-bond donors (Lipinski definition) is 0. The molecule has 138 valence electrons. The zero-order valence-electron chi connectivity index (χ0n) is 14.1. The Morgan fingerprint density at radius 1 is 1.08 bits per heavy atom. The average Bonchev–Trinajstić information content (AvgIpc) is 3.12. The quantitative estimate of drug-likeness (QED) is 0.412. The van der Waals surface area contributed by atoms with Gasteiger partial charge in [-0.05, 0) is 6.07 Å². The van der Waals surface area contributed by atoms with E-state index in [0.29, 0.717) is 0 Å². The summed E-state index contributed by atoms with van der Waals surface area (Å²) in [4.78, 5) is 34.4. The molecule has 1 aromatic heterocycles. The van der Waals surface area contributed by atoms with E-state index in [1.54, 1.807) is 0 Å². The van der Waals surface area contributed by atoms with Crippen molar-refractivity contribution in [2.45, 2.75) is 6.61 Å². The predicted octanol–water partition coefficient (Wildman–Crippen LogP) is 2.35. The molecule has 0 bridgehead atoms. The van der Waals surface area contributed by atoms with Crippen LogP contribution in [0.15, 0.2) is 28.9 Å². The number of ether oxygens (including phenoxy) is 4. The van der Waals surface area contributed by atoms with Crippen LogP contribution in [0, 0.1) is 10.1 Å². The SMILES string of the molecule is COC(=O)c1ccoc1COC(=O)c1cc(OC)c(OC)cc1[N+](=O)[O-]. The van der Waals surface area contributed by atoms with Crippen molar-refractivity contribution in [3.05, 3.63) is 51.5 Å². The van der Waals surface area contributed by atoms with Crippen LogP contribution in [0.5, 0.6) is 11.5 Å². The number of hydrogen-bond acceptors (Lipinski definition) is 9. The fourth-order valence-corrected chi connectivity index (χ4v) is 2.14. The molecule has 0 N–H and O–H groups in total. The molecule has 10 nitrogen and oxygen atoms in total. The van der Waals surface area contributed by atoms with E-state index < -0.39 is 29.2 Å². The topological polar surface area (TPSA) is 127 Å². The molecule has 0 amide bonds. The first-order valence-electron chi connectivity index (χ1n) is 7.15. The number of nitrogens with zero attached hydrogens (tertiary/aromatic N) is 1. The Morgan fingerprint density at radius 3 is 2.31 bits per heavy atom. The number of nitro groups is 1. The van der Waals surface area contributed by atoms with E-state index in [-0.39, 0.29) is 28.4 Å². The third-order valence-corrected chi connectivity index (χ3v) is 3.40. The zero-order valence-corrected chi connectivity index (χ0v) is 14.1. The molecule has 26 heavy (non-hydrogen) atoms. The molecular weight excluding hydrogens is 350 g/mol. The number of benzene rings is 1. The van der Waals surface area contributed by atoms with E-state index in [1.165, 1.54) is 33.7 Å². The maximum Gasteiger partial charge on any atom is 0.345 e. The minimum absolute atomic E-state index is 0.0494. The molecule has 0 aliphatic carbocycles. The monoisotopic (exact) mass is 365 g/mol. The summed E-state index contributed by atoms with van der Waals surface area (Å²) in [7, 11) is 3.83. The second kappa shape index (κ2) is 8.01. The molecule has 2 aromatic rings. The van der Waals surface area contributed by atoms with Gasteiger partial charge in [-0.1, -0.05) is 0 Å². The number of carbonyl (C=O) groups excluding carboxylic acids is 2. The molecule has 0 saturated heterocycles. The van der Waals surface area contributed by atoms with E-state index in [2.05, 4.69) is 4.74 Å². The van der Waals surface area contributed by atoms with Crippen LogP contribution in [-0.4, -0.2) is 38.2 Å². The standard InChI is InChI=1S/C16H15NO9/c1-22-12-6-10(11(17(20)21)7-13(12)23-2)16(19)26-8-14-9(4-5-25-14)15(18)24-3/h4-7H,8H2,1-3H3. The van der Waals surface area contributed by atoms with E-state index in [9.17, 15) is 19.7 Å². The first-order chi connectivity index (χ1) is 12.4. The van der Waals surface area contributed by atoms with Crippen LogP contribution in [0.1, 0.15) is 26.5 Å². The predicted molar refractivity (Wildman–Crippen MR) is 85.4 cm³/mol. The molecule has 1 heterocycles. The van der Waals surface area contributed by atoms with E-state index >= 15 is 0 Å². The molecule has 10 heteroatoms. The zero-order chi connectivity index (χ0) is 19.3. The van der Waals surface area contributed by atoms with Gasteiger partial charge in [-0.15, -0.1) is 0 Å². The highest BCUT2D eigenvalue weighted by molar-refractivity contribution is 5.95. The Kier molecular flexibility index (Phi) is 5.78. The van der Waals surface area contributed by atoms with Gasteiger partial charge in [0.05, 0.1) is 38.6 Å². The van der Waals surface area contributed by atoms with Crippen LogP contribution in [0.4, 0.5) is 5.69 Å². The Hall–Kier alpha value is -3.56. The normalized spacial score (nSPS) is 10.1. The molecule has 0 atom stereocenters. The molecule has 0 fully saturated rings. The summed E-state index contributed by atoms with van der Waals surface area (Å²) in [5.74, 6) is -1.40. The van der Waals surface area contributed by atoms with Crippen molar-refractivity contribution in [2.75, 3.05) is 21.3 Å². The number of esters is 2. The largest absolute Gasteiger partial charge is 0.493 e. The van der Waals surface area contributed by atoms with Crippen molar-refractivity contribution in [1.82, 2.24) is 0 Å². The van der Waals surface area contributed by atoms with Gasteiger partial charge in [0.1, 0.15) is 11.1 Å². The fourth-order valence-electron chi connectivity index (χ4n) is 2.14. The van der Waals surface area contributed by atoms with Crippen molar-refractivity contribution in [1.29, 1.82) is 0 Å². The van der Waals surface area contributed by atoms with Gasteiger partial charge in [0.25, 0.3) is 5.69 Å². The molecule has 0 radical (unpaired) electrons. The van der Waals surface area contributed by atoms with Crippen LogP contribution in [0.25, 0.3) is 0 Å². The number of furan rings is 1. The van der Waals surface area contributed by atoms with Gasteiger partial charge in [-0.2, -0.15) is 0 Å². The lowest BCUT2D eigenvalue weighted by molar-refractivity contribution is -0.385. The van der Waals surface area contributed by atoms with Crippen molar-refractivity contribution >= 4 is 17.6 Å². The lowest BCUT2D eigenvalue weighted by atomic mass is 10.1. The minimum Gasteiger partial charge on any atom is -0.493 e. The van der Waals surface area contributed by atoms with Gasteiger partial charge in [-0.3, -0.25) is 10.1 Å². The van der Waals surface area contributed by atoms with Crippen LogP contribution >= 0.6 is 0 Å². The number of rotatable bonds is 7. The van der Waals surface area contributed by atoms with Gasteiger partial charge in [0, 0.05) is 6.07 Å². The molecule has 0 aliphatic heterocycles. The lowest BCUT2D eigenvalue weighted by Gasteiger charge is -2.10. The van der Waals surface area contributed by atoms with Gasteiger partial charge >= 0.3 is 11.9 Å². The smallest absolute Gasteiger partial charge is 0.345 e.